The first-order valence-electron chi connectivity index (χ1n) is 8.81. The van der Waals surface area contributed by atoms with Gasteiger partial charge in [-0.3, -0.25) is 4.79 Å². The number of nitrogens with zero attached hydrogens (tertiary/aromatic N) is 1. The van der Waals surface area contributed by atoms with E-state index < -0.39 is 0 Å². The van der Waals surface area contributed by atoms with Crippen LogP contribution in [0.2, 0.25) is 0 Å². The number of carbonyl (C=O) groups excluding carboxylic acids is 1. The highest BCUT2D eigenvalue weighted by molar-refractivity contribution is 5.78. The Labute approximate surface area is 143 Å². The van der Waals surface area contributed by atoms with Crippen LogP contribution < -0.4 is 4.74 Å². The number of amides is 1. The molecule has 0 bridgehead atoms. The Morgan fingerprint density at radius 1 is 1.38 bits per heavy atom. The van der Waals surface area contributed by atoms with Crippen molar-refractivity contribution in [3.05, 3.63) is 29.3 Å². The molecule has 0 aromatic heterocycles. The highest BCUT2D eigenvalue weighted by Crippen LogP contribution is 2.30. The van der Waals surface area contributed by atoms with E-state index in [4.69, 9.17) is 9.47 Å². The van der Waals surface area contributed by atoms with Gasteiger partial charge in [0.05, 0.1) is 12.7 Å². The number of aliphatic hydroxyl groups is 1. The topological polar surface area (TPSA) is 59.0 Å². The largest absolute Gasteiger partial charge is 0.483 e. The van der Waals surface area contributed by atoms with Crippen LogP contribution >= 0.6 is 0 Å². The number of hydrogen-bond acceptors (Lipinski definition) is 4. The molecule has 3 rings (SSSR count). The Hall–Kier alpha value is -1.59. The second kappa shape index (κ2) is 7.53. The SMILES string of the molecule is Cc1ccc(C)c(OCC(=O)N2CCCC2C2COCCC2O)c1. The van der Waals surface area contributed by atoms with Crippen molar-refractivity contribution in [3.8, 4) is 5.75 Å². The van der Waals surface area contributed by atoms with E-state index in [1.165, 1.54) is 0 Å². The van der Waals surface area contributed by atoms with E-state index in [1.807, 2.05) is 36.9 Å². The van der Waals surface area contributed by atoms with Crippen LogP contribution in [0.25, 0.3) is 0 Å². The summed E-state index contributed by atoms with van der Waals surface area (Å²) in [6.45, 7) is 5.91. The van der Waals surface area contributed by atoms with Crippen LogP contribution in [-0.2, 0) is 9.53 Å². The highest BCUT2D eigenvalue weighted by atomic mass is 16.5. The summed E-state index contributed by atoms with van der Waals surface area (Å²) in [6.07, 6.45) is 2.18. The number of ether oxygens (including phenoxy) is 2. The summed E-state index contributed by atoms with van der Waals surface area (Å²) >= 11 is 0. The molecule has 1 N–H and O–H groups in total. The molecule has 1 aromatic rings. The fourth-order valence-corrected chi connectivity index (χ4v) is 3.75. The Balaban J connectivity index is 1.62. The third-order valence-electron chi connectivity index (χ3n) is 5.17. The normalized spacial score (nSPS) is 27.3. The lowest BCUT2D eigenvalue weighted by Gasteiger charge is -2.36. The first-order chi connectivity index (χ1) is 11.6. The standard InChI is InChI=1S/C19H27NO4/c1-13-5-6-14(2)18(10-13)24-12-19(22)20-8-3-4-16(20)15-11-23-9-7-17(15)21/h5-6,10,15-17,21H,3-4,7-9,11-12H2,1-2H3. The van der Waals surface area contributed by atoms with Crippen molar-refractivity contribution in [2.75, 3.05) is 26.4 Å². The van der Waals surface area contributed by atoms with Gasteiger partial charge in [0, 0.05) is 25.1 Å². The molecule has 5 heteroatoms. The highest BCUT2D eigenvalue weighted by Gasteiger charge is 2.39. The van der Waals surface area contributed by atoms with E-state index in [0.717, 1.165) is 36.3 Å². The Bertz CT molecular complexity index is 589. The number of aliphatic hydroxyl groups excluding tert-OH is 1. The lowest BCUT2D eigenvalue weighted by Crippen LogP contribution is -2.49. The smallest absolute Gasteiger partial charge is 0.260 e. The van der Waals surface area contributed by atoms with E-state index >= 15 is 0 Å². The van der Waals surface area contributed by atoms with Gasteiger partial charge in [0.1, 0.15) is 5.75 Å². The van der Waals surface area contributed by atoms with E-state index in [1.54, 1.807) is 0 Å². The Kier molecular flexibility index (Phi) is 5.41. The van der Waals surface area contributed by atoms with Gasteiger partial charge < -0.3 is 19.5 Å². The monoisotopic (exact) mass is 333 g/mol. The minimum absolute atomic E-state index is 0.00354. The summed E-state index contributed by atoms with van der Waals surface area (Å²) < 4.78 is 11.3. The number of benzene rings is 1. The van der Waals surface area contributed by atoms with E-state index in [-0.39, 0.29) is 30.6 Å². The van der Waals surface area contributed by atoms with Gasteiger partial charge in [-0.15, -0.1) is 0 Å². The van der Waals surface area contributed by atoms with Crippen molar-refractivity contribution in [2.45, 2.75) is 45.3 Å². The van der Waals surface area contributed by atoms with Crippen LogP contribution in [0, 0.1) is 19.8 Å². The molecule has 2 heterocycles. The molecule has 24 heavy (non-hydrogen) atoms. The molecule has 2 aliphatic rings. The minimum Gasteiger partial charge on any atom is -0.483 e. The second-order valence-corrected chi connectivity index (χ2v) is 6.95. The fourth-order valence-electron chi connectivity index (χ4n) is 3.75. The lowest BCUT2D eigenvalue weighted by atomic mass is 9.89. The molecule has 2 saturated heterocycles. The zero-order chi connectivity index (χ0) is 17.1. The number of carbonyl (C=O) groups is 1. The van der Waals surface area contributed by atoms with E-state index in [0.29, 0.717) is 19.6 Å². The molecular weight excluding hydrogens is 306 g/mol. The van der Waals surface area contributed by atoms with Crippen molar-refractivity contribution in [3.63, 3.8) is 0 Å². The average Bonchev–Trinajstić information content (AvgIpc) is 3.05. The van der Waals surface area contributed by atoms with Crippen molar-refractivity contribution >= 4 is 5.91 Å². The van der Waals surface area contributed by atoms with Gasteiger partial charge in [-0.25, -0.2) is 0 Å². The zero-order valence-electron chi connectivity index (χ0n) is 14.5. The summed E-state index contributed by atoms with van der Waals surface area (Å²) in [7, 11) is 0. The van der Waals surface area contributed by atoms with Crippen LogP contribution in [0.3, 0.4) is 0 Å². The Morgan fingerprint density at radius 2 is 2.21 bits per heavy atom. The van der Waals surface area contributed by atoms with Gasteiger partial charge in [0.2, 0.25) is 0 Å². The third-order valence-corrected chi connectivity index (χ3v) is 5.17. The molecular formula is C19H27NO4. The number of likely N-dealkylation sites (tertiary alicyclic amines) is 1. The molecule has 0 saturated carbocycles. The molecule has 0 radical (unpaired) electrons. The quantitative estimate of drug-likeness (QED) is 0.916. The van der Waals surface area contributed by atoms with Crippen molar-refractivity contribution in [2.24, 2.45) is 5.92 Å². The Morgan fingerprint density at radius 3 is 3.00 bits per heavy atom. The second-order valence-electron chi connectivity index (χ2n) is 6.95. The summed E-state index contributed by atoms with van der Waals surface area (Å²) in [5.74, 6) is 0.780. The summed E-state index contributed by atoms with van der Waals surface area (Å²) in [6, 6.07) is 6.06. The number of hydrogen-bond donors (Lipinski definition) is 1. The maximum absolute atomic E-state index is 12.7. The minimum atomic E-state index is -0.378. The zero-order valence-corrected chi connectivity index (χ0v) is 14.5. The van der Waals surface area contributed by atoms with Gasteiger partial charge in [-0.1, -0.05) is 12.1 Å². The first kappa shape index (κ1) is 17.2. The summed E-state index contributed by atoms with van der Waals surface area (Å²) in [5, 5.41) is 10.3. The van der Waals surface area contributed by atoms with Gasteiger partial charge in [-0.05, 0) is 50.3 Å². The van der Waals surface area contributed by atoms with Gasteiger partial charge >= 0.3 is 0 Å². The predicted octanol–water partition coefficient (Wildman–Crippen LogP) is 2.07. The average molecular weight is 333 g/mol. The molecule has 3 atom stereocenters. The van der Waals surface area contributed by atoms with Gasteiger partial charge in [0.15, 0.2) is 6.61 Å². The number of rotatable bonds is 4. The van der Waals surface area contributed by atoms with Crippen molar-refractivity contribution < 1.29 is 19.4 Å². The van der Waals surface area contributed by atoms with Crippen LogP contribution in [0.1, 0.15) is 30.4 Å². The van der Waals surface area contributed by atoms with Crippen molar-refractivity contribution in [1.29, 1.82) is 0 Å². The third kappa shape index (κ3) is 3.73. The molecule has 1 aromatic carbocycles. The van der Waals surface area contributed by atoms with E-state index in [2.05, 4.69) is 0 Å². The first-order valence-corrected chi connectivity index (χ1v) is 8.81. The van der Waals surface area contributed by atoms with Crippen LogP contribution in [-0.4, -0.2) is 54.4 Å². The molecule has 0 aliphatic carbocycles. The number of aryl methyl sites for hydroxylation is 2. The molecule has 2 aliphatic heterocycles. The van der Waals surface area contributed by atoms with Gasteiger partial charge in [0.25, 0.3) is 5.91 Å². The molecule has 1 amide bonds. The molecule has 3 unspecified atom stereocenters. The van der Waals surface area contributed by atoms with Crippen LogP contribution in [0.15, 0.2) is 18.2 Å². The molecule has 2 fully saturated rings. The predicted molar refractivity (Wildman–Crippen MR) is 91.1 cm³/mol. The maximum atomic E-state index is 12.7. The summed E-state index contributed by atoms with van der Waals surface area (Å²) in [5.41, 5.74) is 2.15. The fraction of sp³-hybridized carbons (Fsp3) is 0.632. The van der Waals surface area contributed by atoms with E-state index in [9.17, 15) is 9.90 Å². The molecule has 132 valence electrons. The van der Waals surface area contributed by atoms with Crippen LogP contribution in [0.5, 0.6) is 5.75 Å². The molecule has 5 nitrogen and oxygen atoms in total. The lowest BCUT2D eigenvalue weighted by molar-refractivity contribution is -0.138. The van der Waals surface area contributed by atoms with Gasteiger partial charge in [-0.2, -0.15) is 0 Å². The van der Waals surface area contributed by atoms with Crippen molar-refractivity contribution in [1.82, 2.24) is 4.90 Å². The maximum Gasteiger partial charge on any atom is 0.260 e. The summed E-state index contributed by atoms with van der Waals surface area (Å²) in [4.78, 5) is 14.5. The molecule has 0 spiro atoms. The van der Waals surface area contributed by atoms with Crippen LogP contribution in [0.4, 0.5) is 0 Å².